The first-order chi connectivity index (χ1) is 10.2. The maximum atomic E-state index is 11.6. The van der Waals surface area contributed by atoms with Crippen LogP contribution in [0.15, 0.2) is 54.7 Å². The number of carbonyl (C=O) groups is 1. The van der Waals surface area contributed by atoms with Gasteiger partial charge in [0, 0.05) is 23.8 Å². The molecule has 21 heavy (non-hydrogen) atoms. The molecule has 1 heterocycles. The van der Waals surface area contributed by atoms with E-state index in [0.29, 0.717) is 5.56 Å². The van der Waals surface area contributed by atoms with E-state index in [9.17, 15) is 4.79 Å². The van der Waals surface area contributed by atoms with Crippen LogP contribution in [-0.2, 0) is 6.54 Å². The molecule has 0 aliphatic carbocycles. The lowest BCUT2D eigenvalue weighted by atomic mass is 10.1. The fourth-order valence-corrected chi connectivity index (χ4v) is 2.48. The topological polar surface area (TPSA) is 42.2 Å². The molecule has 0 aliphatic heterocycles. The lowest BCUT2D eigenvalue weighted by Crippen LogP contribution is -2.05. The van der Waals surface area contributed by atoms with Crippen LogP contribution in [-0.4, -0.2) is 22.1 Å². The number of aliphatic hydroxyl groups excluding tert-OH is 1. The zero-order chi connectivity index (χ0) is 14.8. The summed E-state index contributed by atoms with van der Waals surface area (Å²) in [6.07, 6.45) is 2.03. The van der Waals surface area contributed by atoms with Crippen LogP contribution in [0.5, 0.6) is 0 Å². The predicted octanol–water partition coefficient (Wildman–Crippen LogP) is 3.17. The number of rotatable bonds is 4. The molecule has 3 heteroatoms. The fraction of sp³-hybridized carbons (Fsp3) is 0.167. The van der Waals surface area contributed by atoms with Crippen molar-refractivity contribution in [2.24, 2.45) is 0 Å². The first-order valence-corrected chi connectivity index (χ1v) is 6.96. The molecule has 0 unspecified atom stereocenters. The van der Waals surface area contributed by atoms with Crippen LogP contribution in [0.1, 0.15) is 21.5 Å². The molecule has 0 saturated heterocycles. The minimum Gasteiger partial charge on any atom is -0.388 e. The van der Waals surface area contributed by atoms with Crippen LogP contribution in [0.25, 0.3) is 10.9 Å². The second-order valence-electron chi connectivity index (χ2n) is 5.28. The van der Waals surface area contributed by atoms with E-state index in [2.05, 4.69) is 35.8 Å². The number of aromatic nitrogens is 1. The Morgan fingerprint density at radius 2 is 1.86 bits per heavy atom. The Bertz CT molecular complexity index is 785. The van der Waals surface area contributed by atoms with Gasteiger partial charge in [0.25, 0.3) is 0 Å². The van der Waals surface area contributed by atoms with E-state index < -0.39 is 6.61 Å². The largest absolute Gasteiger partial charge is 0.388 e. The number of fused-ring (bicyclic) bond motifs is 1. The van der Waals surface area contributed by atoms with Gasteiger partial charge in [-0.2, -0.15) is 0 Å². The summed E-state index contributed by atoms with van der Waals surface area (Å²) in [6, 6.07) is 16.0. The minimum atomic E-state index is -0.454. The van der Waals surface area contributed by atoms with Crippen LogP contribution in [0.3, 0.4) is 0 Å². The summed E-state index contributed by atoms with van der Waals surface area (Å²) in [6.45, 7) is 2.38. The number of aryl methyl sites for hydroxylation is 1. The monoisotopic (exact) mass is 279 g/mol. The number of benzene rings is 2. The van der Waals surface area contributed by atoms with E-state index in [1.165, 1.54) is 11.1 Å². The maximum Gasteiger partial charge on any atom is 0.188 e. The van der Waals surface area contributed by atoms with Crippen molar-refractivity contribution in [3.8, 4) is 0 Å². The summed E-state index contributed by atoms with van der Waals surface area (Å²) in [5, 5.41) is 10.1. The van der Waals surface area contributed by atoms with Gasteiger partial charge in [-0.25, -0.2) is 0 Å². The number of aliphatic hydroxyl groups is 1. The first kappa shape index (κ1) is 13.6. The van der Waals surface area contributed by atoms with Crippen LogP contribution in [0.4, 0.5) is 0 Å². The third kappa shape index (κ3) is 2.73. The highest BCUT2D eigenvalue weighted by molar-refractivity contribution is 6.00. The summed E-state index contributed by atoms with van der Waals surface area (Å²) in [4.78, 5) is 11.6. The Kier molecular flexibility index (Phi) is 3.59. The highest BCUT2D eigenvalue weighted by Gasteiger charge is 2.08. The average Bonchev–Trinajstić information content (AvgIpc) is 2.91. The Balaban J connectivity index is 1.98. The van der Waals surface area contributed by atoms with E-state index >= 15 is 0 Å². The number of hydrogen-bond acceptors (Lipinski definition) is 2. The molecule has 0 amide bonds. The van der Waals surface area contributed by atoms with Crippen molar-refractivity contribution < 1.29 is 9.90 Å². The lowest BCUT2D eigenvalue weighted by molar-refractivity contribution is 0.0904. The molecule has 2 aromatic carbocycles. The zero-order valence-electron chi connectivity index (χ0n) is 11.9. The van der Waals surface area contributed by atoms with Crippen molar-refractivity contribution >= 4 is 16.7 Å². The van der Waals surface area contributed by atoms with E-state index in [0.717, 1.165) is 17.4 Å². The van der Waals surface area contributed by atoms with Gasteiger partial charge in [0.2, 0.25) is 0 Å². The van der Waals surface area contributed by atoms with Gasteiger partial charge >= 0.3 is 0 Å². The van der Waals surface area contributed by atoms with Gasteiger partial charge in [0.1, 0.15) is 6.61 Å². The second-order valence-corrected chi connectivity index (χ2v) is 5.28. The average molecular weight is 279 g/mol. The molecule has 0 atom stereocenters. The molecule has 1 aromatic heterocycles. The van der Waals surface area contributed by atoms with E-state index in [1.54, 1.807) is 6.07 Å². The third-order valence-electron chi connectivity index (χ3n) is 3.71. The van der Waals surface area contributed by atoms with Crippen LogP contribution >= 0.6 is 0 Å². The summed E-state index contributed by atoms with van der Waals surface area (Å²) in [5.41, 5.74) is 4.02. The highest BCUT2D eigenvalue weighted by Crippen LogP contribution is 2.19. The Morgan fingerprint density at radius 1 is 1.10 bits per heavy atom. The Labute approximate surface area is 123 Å². The fourth-order valence-electron chi connectivity index (χ4n) is 2.48. The normalized spacial score (nSPS) is 11.0. The molecule has 1 N–H and O–H groups in total. The minimum absolute atomic E-state index is 0.250. The Morgan fingerprint density at radius 3 is 2.57 bits per heavy atom. The number of nitrogens with zero attached hydrogens (tertiary/aromatic N) is 1. The molecule has 3 nitrogen and oxygen atoms in total. The molecule has 3 rings (SSSR count). The molecular formula is C18H17NO2. The molecule has 0 fully saturated rings. The van der Waals surface area contributed by atoms with Gasteiger partial charge in [0.05, 0.1) is 0 Å². The summed E-state index contributed by atoms with van der Waals surface area (Å²) in [5.74, 6) is -0.250. The standard InChI is InChI=1S/C18H17NO2/c1-13-2-4-14(5-3-13)11-19-9-8-15-6-7-16(10-17(15)19)18(21)12-20/h2-10,20H,11-12H2,1H3. The number of ketones is 1. The zero-order valence-corrected chi connectivity index (χ0v) is 11.9. The number of Topliss-reactive ketones (excluding diaryl/α,β-unsaturated/α-hetero) is 1. The molecular weight excluding hydrogens is 262 g/mol. The number of carbonyl (C=O) groups excluding carboxylic acids is 1. The van der Waals surface area contributed by atoms with Gasteiger partial charge in [-0.05, 0) is 30.0 Å². The van der Waals surface area contributed by atoms with E-state index in [-0.39, 0.29) is 5.78 Å². The van der Waals surface area contributed by atoms with Gasteiger partial charge in [-0.15, -0.1) is 0 Å². The van der Waals surface area contributed by atoms with Gasteiger partial charge in [0.15, 0.2) is 5.78 Å². The van der Waals surface area contributed by atoms with Crippen LogP contribution in [0.2, 0.25) is 0 Å². The van der Waals surface area contributed by atoms with Crippen molar-refractivity contribution in [3.63, 3.8) is 0 Å². The SMILES string of the molecule is Cc1ccc(Cn2ccc3ccc(C(=O)CO)cc32)cc1. The molecule has 106 valence electrons. The van der Waals surface area contributed by atoms with Crippen molar-refractivity contribution in [3.05, 3.63) is 71.4 Å². The summed E-state index contributed by atoms with van der Waals surface area (Å²) in [7, 11) is 0. The van der Waals surface area contributed by atoms with Crippen molar-refractivity contribution in [1.29, 1.82) is 0 Å². The molecule has 3 aromatic rings. The van der Waals surface area contributed by atoms with Gasteiger partial charge in [-0.1, -0.05) is 42.0 Å². The van der Waals surface area contributed by atoms with E-state index in [4.69, 9.17) is 5.11 Å². The first-order valence-electron chi connectivity index (χ1n) is 6.96. The van der Waals surface area contributed by atoms with Crippen LogP contribution < -0.4 is 0 Å². The summed E-state index contributed by atoms with van der Waals surface area (Å²) < 4.78 is 2.12. The van der Waals surface area contributed by atoms with Crippen molar-refractivity contribution in [1.82, 2.24) is 4.57 Å². The van der Waals surface area contributed by atoms with Crippen molar-refractivity contribution in [2.75, 3.05) is 6.61 Å². The molecule has 0 aliphatic rings. The molecule has 0 bridgehead atoms. The Hall–Kier alpha value is -2.39. The smallest absolute Gasteiger partial charge is 0.188 e. The highest BCUT2D eigenvalue weighted by atomic mass is 16.3. The predicted molar refractivity (Wildman–Crippen MR) is 83.6 cm³/mol. The second kappa shape index (κ2) is 5.54. The van der Waals surface area contributed by atoms with Crippen LogP contribution in [0, 0.1) is 6.92 Å². The molecule has 0 saturated carbocycles. The van der Waals surface area contributed by atoms with Gasteiger partial charge < -0.3 is 9.67 Å². The van der Waals surface area contributed by atoms with E-state index in [1.807, 2.05) is 24.4 Å². The summed E-state index contributed by atoms with van der Waals surface area (Å²) >= 11 is 0. The lowest BCUT2D eigenvalue weighted by Gasteiger charge is -2.07. The van der Waals surface area contributed by atoms with Crippen molar-refractivity contribution in [2.45, 2.75) is 13.5 Å². The maximum absolute atomic E-state index is 11.6. The third-order valence-corrected chi connectivity index (χ3v) is 3.71. The van der Waals surface area contributed by atoms with Gasteiger partial charge in [-0.3, -0.25) is 4.79 Å². The molecule has 0 radical (unpaired) electrons. The molecule has 0 spiro atoms. The number of hydrogen-bond donors (Lipinski definition) is 1. The quantitative estimate of drug-likeness (QED) is 0.745.